The second-order valence-corrected chi connectivity index (χ2v) is 4.08. The molecule has 1 aromatic carbocycles. The molecule has 0 aliphatic rings. The van der Waals surface area contributed by atoms with Gasteiger partial charge in [-0.3, -0.25) is 0 Å². The molecule has 0 aromatic heterocycles. The monoisotopic (exact) mass is 336 g/mol. The van der Waals surface area contributed by atoms with E-state index in [1.54, 1.807) is 12.1 Å². The molecule has 1 nitrogen and oxygen atoms in total. The molecule has 0 radical (unpaired) electrons. The average molecular weight is 336 g/mol. The van der Waals surface area contributed by atoms with Crippen LogP contribution in [0.25, 0.3) is 0 Å². The standard InChI is InChI=1S/C8H5ClF3IO/c9-5-1-2-6(13)7(3-5)14-4-8(10,11)12/h1-3H,4H2. The van der Waals surface area contributed by atoms with Crippen molar-refractivity contribution in [2.45, 2.75) is 6.18 Å². The largest absolute Gasteiger partial charge is 0.483 e. The van der Waals surface area contributed by atoms with Crippen LogP contribution in [0.3, 0.4) is 0 Å². The molecule has 1 rings (SSSR count). The van der Waals surface area contributed by atoms with Crippen molar-refractivity contribution in [3.8, 4) is 5.75 Å². The Labute approximate surface area is 97.3 Å². The maximum atomic E-state index is 11.8. The third-order valence-corrected chi connectivity index (χ3v) is 2.41. The molecule has 0 atom stereocenters. The smallest absolute Gasteiger partial charge is 0.422 e. The molecule has 6 heteroatoms. The van der Waals surface area contributed by atoms with Gasteiger partial charge in [0.25, 0.3) is 0 Å². The summed E-state index contributed by atoms with van der Waals surface area (Å²) in [5.41, 5.74) is 0. The highest BCUT2D eigenvalue weighted by Crippen LogP contribution is 2.26. The van der Waals surface area contributed by atoms with Crippen LogP contribution < -0.4 is 4.74 Å². The quantitative estimate of drug-likeness (QED) is 0.745. The van der Waals surface area contributed by atoms with Gasteiger partial charge in [-0.1, -0.05) is 11.6 Å². The molecular formula is C8H5ClF3IO. The van der Waals surface area contributed by atoms with Crippen LogP contribution in [-0.4, -0.2) is 12.8 Å². The van der Waals surface area contributed by atoms with Crippen LogP contribution in [0.2, 0.25) is 5.02 Å². The van der Waals surface area contributed by atoms with Gasteiger partial charge < -0.3 is 4.74 Å². The van der Waals surface area contributed by atoms with E-state index in [1.807, 2.05) is 22.6 Å². The summed E-state index contributed by atoms with van der Waals surface area (Å²) >= 11 is 7.48. The number of alkyl halides is 3. The van der Waals surface area contributed by atoms with E-state index in [-0.39, 0.29) is 5.75 Å². The molecule has 0 saturated heterocycles. The van der Waals surface area contributed by atoms with Crippen LogP contribution >= 0.6 is 34.2 Å². The topological polar surface area (TPSA) is 9.23 Å². The van der Waals surface area contributed by atoms with Crippen molar-refractivity contribution in [3.63, 3.8) is 0 Å². The highest BCUT2D eigenvalue weighted by atomic mass is 127. The molecule has 0 amide bonds. The first-order valence-electron chi connectivity index (χ1n) is 3.53. The van der Waals surface area contributed by atoms with Gasteiger partial charge in [0.1, 0.15) is 5.75 Å². The Morgan fingerprint density at radius 2 is 2.00 bits per heavy atom. The van der Waals surface area contributed by atoms with E-state index in [9.17, 15) is 13.2 Å². The molecule has 0 spiro atoms. The first-order chi connectivity index (χ1) is 6.38. The van der Waals surface area contributed by atoms with Crippen LogP contribution in [0.15, 0.2) is 18.2 Å². The molecule has 0 aliphatic heterocycles. The zero-order valence-electron chi connectivity index (χ0n) is 6.74. The zero-order chi connectivity index (χ0) is 10.8. The Morgan fingerprint density at radius 3 is 2.57 bits per heavy atom. The number of benzene rings is 1. The van der Waals surface area contributed by atoms with E-state index in [1.165, 1.54) is 6.07 Å². The zero-order valence-corrected chi connectivity index (χ0v) is 9.65. The van der Waals surface area contributed by atoms with Crippen molar-refractivity contribution in [2.75, 3.05) is 6.61 Å². The number of hydrogen-bond donors (Lipinski definition) is 0. The Kier molecular flexibility index (Phi) is 3.88. The van der Waals surface area contributed by atoms with Gasteiger partial charge in [0.15, 0.2) is 6.61 Å². The Hall–Kier alpha value is -0.170. The lowest BCUT2D eigenvalue weighted by Gasteiger charge is -2.10. The maximum absolute atomic E-state index is 11.8. The van der Waals surface area contributed by atoms with E-state index in [0.29, 0.717) is 8.59 Å². The predicted molar refractivity (Wildman–Crippen MR) is 55.7 cm³/mol. The molecule has 0 N–H and O–H groups in total. The lowest BCUT2D eigenvalue weighted by atomic mass is 10.3. The summed E-state index contributed by atoms with van der Waals surface area (Å²) in [5, 5.41) is 0.350. The SMILES string of the molecule is FC(F)(F)COc1cc(Cl)ccc1I. The number of rotatable bonds is 2. The lowest BCUT2D eigenvalue weighted by Crippen LogP contribution is -2.19. The van der Waals surface area contributed by atoms with Crippen LogP contribution in [-0.2, 0) is 0 Å². The second kappa shape index (κ2) is 4.57. The van der Waals surface area contributed by atoms with Gasteiger partial charge in [0.05, 0.1) is 3.57 Å². The molecule has 0 unspecified atom stereocenters. The second-order valence-electron chi connectivity index (χ2n) is 2.48. The van der Waals surface area contributed by atoms with Gasteiger partial charge in [0.2, 0.25) is 0 Å². The Balaban J connectivity index is 2.72. The van der Waals surface area contributed by atoms with E-state index in [0.717, 1.165) is 0 Å². The summed E-state index contributed by atoms with van der Waals surface area (Å²) in [6.07, 6.45) is -4.33. The maximum Gasteiger partial charge on any atom is 0.422 e. The van der Waals surface area contributed by atoms with E-state index in [4.69, 9.17) is 11.6 Å². The summed E-state index contributed by atoms with van der Waals surface area (Å²) in [6, 6.07) is 4.54. The summed E-state index contributed by atoms with van der Waals surface area (Å²) in [7, 11) is 0. The highest BCUT2D eigenvalue weighted by Gasteiger charge is 2.28. The number of ether oxygens (including phenoxy) is 1. The van der Waals surface area contributed by atoms with Crippen LogP contribution in [0.1, 0.15) is 0 Å². The van der Waals surface area contributed by atoms with E-state index in [2.05, 4.69) is 4.74 Å². The minimum Gasteiger partial charge on any atom is -0.483 e. The van der Waals surface area contributed by atoms with E-state index >= 15 is 0 Å². The van der Waals surface area contributed by atoms with Crippen LogP contribution in [0.4, 0.5) is 13.2 Å². The fraction of sp³-hybridized carbons (Fsp3) is 0.250. The predicted octanol–water partition coefficient (Wildman–Crippen LogP) is 3.89. The number of halogens is 5. The van der Waals surface area contributed by atoms with Gasteiger partial charge >= 0.3 is 6.18 Å². The van der Waals surface area contributed by atoms with Crippen LogP contribution in [0.5, 0.6) is 5.75 Å². The van der Waals surface area contributed by atoms with Crippen molar-refractivity contribution in [3.05, 3.63) is 26.8 Å². The molecule has 1 aromatic rings. The fourth-order valence-electron chi connectivity index (χ4n) is 0.747. The van der Waals surface area contributed by atoms with Gasteiger partial charge in [-0.05, 0) is 40.8 Å². The van der Waals surface area contributed by atoms with Crippen molar-refractivity contribution < 1.29 is 17.9 Å². The van der Waals surface area contributed by atoms with Crippen molar-refractivity contribution in [2.24, 2.45) is 0 Å². The molecular weight excluding hydrogens is 331 g/mol. The third kappa shape index (κ3) is 3.91. The fourth-order valence-corrected chi connectivity index (χ4v) is 1.40. The summed E-state index contributed by atoms with van der Waals surface area (Å²) in [5.74, 6) is 0.149. The Bertz CT molecular complexity index is 327. The molecule has 0 bridgehead atoms. The lowest BCUT2D eigenvalue weighted by molar-refractivity contribution is -0.153. The summed E-state index contributed by atoms with van der Waals surface area (Å²) in [6.45, 7) is -1.30. The average Bonchev–Trinajstić information content (AvgIpc) is 2.05. The first-order valence-corrected chi connectivity index (χ1v) is 4.99. The van der Waals surface area contributed by atoms with Crippen molar-refractivity contribution >= 4 is 34.2 Å². The van der Waals surface area contributed by atoms with Crippen molar-refractivity contribution in [1.82, 2.24) is 0 Å². The molecule has 78 valence electrons. The van der Waals surface area contributed by atoms with Gasteiger partial charge in [-0.2, -0.15) is 13.2 Å². The van der Waals surface area contributed by atoms with Crippen LogP contribution in [0, 0.1) is 3.57 Å². The molecule has 0 heterocycles. The molecule has 0 aliphatic carbocycles. The molecule has 14 heavy (non-hydrogen) atoms. The number of hydrogen-bond acceptors (Lipinski definition) is 1. The minimum absolute atomic E-state index is 0.149. The Morgan fingerprint density at radius 1 is 1.36 bits per heavy atom. The van der Waals surface area contributed by atoms with Gasteiger partial charge in [-0.25, -0.2) is 0 Å². The normalized spacial score (nSPS) is 11.5. The summed E-state index contributed by atoms with van der Waals surface area (Å²) < 4.78 is 40.6. The summed E-state index contributed by atoms with van der Waals surface area (Å²) in [4.78, 5) is 0. The molecule has 0 saturated carbocycles. The van der Waals surface area contributed by atoms with Gasteiger partial charge in [0, 0.05) is 5.02 Å². The first kappa shape index (κ1) is 11.9. The van der Waals surface area contributed by atoms with Gasteiger partial charge in [-0.15, -0.1) is 0 Å². The highest BCUT2D eigenvalue weighted by molar-refractivity contribution is 14.1. The van der Waals surface area contributed by atoms with E-state index < -0.39 is 12.8 Å². The van der Waals surface area contributed by atoms with Crippen molar-refractivity contribution in [1.29, 1.82) is 0 Å². The third-order valence-electron chi connectivity index (χ3n) is 1.28. The molecule has 0 fully saturated rings. The minimum atomic E-state index is -4.33.